The van der Waals surface area contributed by atoms with Gasteiger partial charge < -0.3 is 0 Å². The van der Waals surface area contributed by atoms with E-state index in [0.717, 1.165) is 24.8 Å². The molecular weight excluding hydrogens is 276 g/mol. The van der Waals surface area contributed by atoms with Crippen LogP contribution in [0.2, 0.25) is 0 Å². The molecule has 2 aliphatic carbocycles. The predicted octanol–water partition coefficient (Wildman–Crippen LogP) is 3.60. The van der Waals surface area contributed by atoms with E-state index in [0.29, 0.717) is 12.0 Å². The van der Waals surface area contributed by atoms with Crippen molar-refractivity contribution in [1.29, 1.82) is 0 Å². The molecule has 0 aromatic carbocycles. The Morgan fingerprint density at radius 2 is 2.00 bits per heavy atom. The first kappa shape index (κ1) is 16.6. The number of hydrogen-bond donors (Lipinski definition) is 0. The largest absolute Gasteiger partial charge is 0.294 e. The smallest absolute Gasteiger partial charge is 0.225 e. The molecule has 0 bridgehead atoms. The van der Waals surface area contributed by atoms with E-state index in [9.17, 15) is 14.4 Å². The van der Waals surface area contributed by atoms with Gasteiger partial charge in [0.15, 0.2) is 5.78 Å². The molecule has 0 amide bonds. The van der Waals surface area contributed by atoms with Crippen molar-refractivity contribution in [3.8, 4) is 0 Å². The molecule has 3 atom stereocenters. The standard InChI is InChI=1S/C19H24O3/c1-5-6-13-10-16(20)17(19(22)18(13)21)15-9-12(4)7-8-14(15)11(2)3/h9-10,14-15,17H,2,5-8H2,1,3-4H3. The fourth-order valence-electron chi connectivity index (χ4n) is 3.58. The molecule has 0 N–H and O–H groups in total. The maximum absolute atomic E-state index is 12.5. The van der Waals surface area contributed by atoms with Crippen molar-refractivity contribution >= 4 is 17.3 Å². The van der Waals surface area contributed by atoms with Gasteiger partial charge in [-0.15, -0.1) is 0 Å². The molecule has 3 heteroatoms. The summed E-state index contributed by atoms with van der Waals surface area (Å²) < 4.78 is 0. The Kier molecular flexibility index (Phi) is 4.94. The van der Waals surface area contributed by atoms with Gasteiger partial charge in [-0.1, -0.05) is 37.1 Å². The van der Waals surface area contributed by atoms with E-state index in [2.05, 4.69) is 6.58 Å². The second-order valence-electron chi connectivity index (χ2n) is 6.57. The van der Waals surface area contributed by atoms with Gasteiger partial charge in [-0.25, -0.2) is 0 Å². The number of Topliss-reactive ketones (excluding diaryl/α,β-unsaturated/α-hetero) is 2. The van der Waals surface area contributed by atoms with Crippen molar-refractivity contribution < 1.29 is 14.4 Å². The molecule has 0 radical (unpaired) electrons. The average Bonchev–Trinajstić information content (AvgIpc) is 2.44. The molecule has 0 fully saturated rings. The van der Waals surface area contributed by atoms with E-state index in [1.54, 1.807) is 0 Å². The average molecular weight is 300 g/mol. The molecule has 3 unspecified atom stereocenters. The lowest BCUT2D eigenvalue weighted by molar-refractivity contribution is -0.142. The van der Waals surface area contributed by atoms with E-state index >= 15 is 0 Å². The van der Waals surface area contributed by atoms with E-state index in [4.69, 9.17) is 0 Å². The predicted molar refractivity (Wildman–Crippen MR) is 86.3 cm³/mol. The van der Waals surface area contributed by atoms with E-state index in [-0.39, 0.29) is 17.6 Å². The van der Waals surface area contributed by atoms with Crippen molar-refractivity contribution in [1.82, 2.24) is 0 Å². The SMILES string of the molecule is C=C(C)C1CCC(C)=CC1C1C(=O)C=C(CCC)C(=O)C1=O. The molecule has 0 saturated heterocycles. The Bertz CT molecular complexity index is 592. The summed E-state index contributed by atoms with van der Waals surface area (Å²) in [6.07, 6.45) is 6.50. The lowest BCUT2D eigenvalue weighted by atomic mass is 9.67. The summed E-state index contributed by atoms with van der Waals surface area (Å²) in [7, 11) is 0. The Balaban J connectivity index is 2.40. The van der Waals surface area contributed by atoms with Crippen LogP contribution in [0, 0.1) is 17.8 Å². The Morgan fingerprint density at radius 1 is 1.32 bits per heavy atom. The first-order chi connectivity index (χ1) is 10.4. The summed E-state index contributed by atoms with van der Waals surface area (Å²) in [6.45, 7) is 9.89. The second kappa shape index (κ2) is 6.55. The fourth-order valence-corrected chi connectivity index (χ4v) is 3.58. The molecule has 0 aliphatic heterocycles. The van der Waals surface area contributed by atoms with E-state index in [1.807, 2.05) is 26.8 Å². The van der Waals surface area contributed by atoms with Crippen molar-refractivity contribution in [3.63, 3.8) is 0 Å². The van der Waals surface area contributed by atoms with E-state index in [1.165, 1.54) is 11.6 Å². The van der Waals surface area contributed by atoms with Crippen molar-refractivity contribution in [2.24, 2.45) is 17.8 Å². The monoisotopic (exact) mass is 300 g/mol. The summed E-state index contributed by atoms with van der Waals surface area (Å²) in [5.74, 6) is -2.20. The van der Waals surface area contributed by atoms with Gasteiger partial charge in [0, 0.05) is 11.5 Å². The van der Waals surface area contributed by atoms with Crippen LogP contribution in [0.15, 0.2) is 35.5 Å². The van der Waals surface area contributed by atoms with Crippen LogP contribution in [0.4, 0.5) is 0 Å². The minimum Gasteiger partial charge on any atom is -0.294 e. The van der Waals surface area contributed by atoms with Crippen LogP contribution >= 0.6 is 0 Å². The minimum atomic E-state index is -0.856. The Morgan fingerprint density at radius 3 is 2.59 bits per heavy atom. The van der Waals surface area contributed by atoms with Crippen molar-refractivity contribution in [2.75, 3.05) is 0 Å². The highest BCUT2D eigenvalue weighted by Gasteiger charge is 2.44. The molecule has 22 heavy (non-hydrogen) atoms. The van der Waals surface area contributed by atoms with Crippen molar-refractivity contribution in [2.45, 2.75) is 46.5 Å². The first-order valence-corrected chi connectivity index (χ1v) is 8.02. The molecule has 0 aromatic heterocycles. The van der Waals surface area contributed by atoms with Crippen LogP contribution in [0.1, 0.15) is 46.5 Å². The molecule has 0 aromatic rings. The summed E-state index contributed by atoms with van der Waals surface area (Å²) in [4.78, 5) is 37.3. The van der Waals surface area contributed by atoms with Crippen LogP contribution in [0.3, 0.4) is 0 Å². The lowest BCUT2D eigenvalue weighted by Crippen LogP contribution is -2.42. The topological polar surface area (TPSA) is 51.2 Å². The van der Waals surface area contributed by atoms with Gasteiger partial charge in [-0.05, 0) is 45.1 Å². The number of carbonyl (C=O) groups excluding carboxylic acids is 3. The molecule has 3 nitrogen and oxygen atoms in total. The summed E-state index contributed by atoms with van der Waals surface area (Å²) >= 11 is 0. The maximum atomic E-state index is 12.5. The normalized spacial score (nSPS) is 29.2. The summed E-state index contributed by atoms with van der Waals surface area (Å²) in [6, 6.07) is 0. The molecule has 2 rings (SSSR count). The number of allylic oxidation sites excluding steroid dienone is 5. The summed E-state index contributed by atoms with van der Waals surface area (Å²) in [5.41, 5.74) is 2.53. The molecular formula is C19H24O3. The fraction of sp³-hybridized carbons (Fsp3) is 0.526. The van der Waals surface area contributed by atoms with Crippen LogP contribution in [0.5, 0.6) is 0 Å². The highest BCUT2D eigenvalue weighted by atomic mass is 16.2. The quantitative estimate of drug-likeness (QED) is 0.453. The van der Waals surface area contributed by atoms with Crippen LogP contribution in [-0.4, -0.2) is 17.3 Å². The Hall–Kier alpha value is -1.77. The lowest BCUT2D eigenvalue weighted by Gasteiger charge is -2.35. The van der Waals surface area contributed by atoms with Gasteiger partial charge in [0.25, 0.3) is 0 Å². The molecule has 118 valence electrons. The first-order valence-electron chi connectivity index (χ1n) is 8.02. The third-order valence-electron chi connectivity index (χ3n) is 4.75. The number of ketones is 3. The van der Waals surface area contributed by atoms with Gasteiger partial charge in [0.1, 0.15) is 0 Å². The summed E-state index contributed by atoms with van der Waals surface area (Å²) in [5, 5.41) is 0. The van der Waals surface area contributed by atoms with Crippen LogP contribution in [-0.2, 0) is 14.4 Å². The van der Waals surface area contributed by atoms with Gasteiger partial charge in [0.05, 0.1) is 5.92 Å². The highest BCUT2D eigenvalue weighted by molar-refractivity contribution is 6.50. The zero-order valence-electron chi connectivity index (χ0n) is 13.6. The number of carbonyl (C=O) groups is 3. The third-order valence-corrected chi connectivity index (χ3v) is 4.75. The zero-order chi connectivity index (χ0) is 16.4. The zero-order valence-corrected chi connectivity index (χ0v) is 13.6. The highest BCUT2D eigenvalue weighted by Crippen LogP contribution is 2.40. The molecule has 0 spiro atoms. The van der Waals surface area contributed by atoms with Crippen LogP contribution in [0.25, 0.3) is 0 Å². The van der Waals surface area contributed by atoms with Crippen LogP contribution < -0.4 is 0 Å². The molecule has 2 aliphatic rings. The maximum Gasteiger partial charge on any atom is 0.225 e. The van der Waals surface area contributed by atoms with Gasteiger partial charge >= 0.3 is 0 Å². The molecule has 0 saturated carbocycles. The van der Waals surface area contributed by atoms with Gasteiger partial charge in [-0.3, -0.25) is 14.4 Å². The van der Waals surface area contributed by atoms with Crippen molar-refractivity contribution in [3.05, 3.63) is 35.5 Å². The molecule has 0 heterocycles. The van der Waals surface area contributed by atoms with Gasteiger partial charge in [-0.2, -0.15) is 0 Å². The number of rotatable bonds is 4. The third kappa shape index (κ3) is 3.03. The van der Waals surface area contributed by atoms with Gasteiger partial charge in [0.2, 0.25) is 11.6 Å². The second-order valence-corrected chi connectivity index (χ2v) is 6.57. The Labute approximate surface area is 132 Å². The van der Waals surface area contributed by atoms with E-state index < -0.39 is 17.5 Å². The number of hydrogen-bond acceptors (Lipinski definition) is 3. The minimum absolute atomic E-state index is 0.0931.